The van der Waals surface area contributed by atoms with E-state index < -0.39 is 30.7 Å². The van der Waals surface area contributed by atoms with Crippen LogP contribution in [0, 0.1) is 5.41 Å². The maximum atomic E-state index is 14.3. The molecule has 4 N–H and O–H groups in total. The number of aromatic nitrogens is 4. The van der Waals surface area contributed by atoms with Crippen molar-refractivity contribution in [1.82, 2.24) is 24.6 Å². The van der Waals surface area contributed by atoms with E-state index in [1.54, 1.807) is 42.0 Å². The van der Waals surface area contributed by atoms with Crippen molar-refractivity contribution in [2.75, 3.05) is 25.6 Å². The average molecular weight is 724 g/mol. The first-order valence-electron chi connectivity index (χ1n) is 15.3. The molecule has 5 rings (SSSR count). The van der Waals surface area contributed by atoms with Crippen LogP contribution in [0.4, 0.5) is 5.95 Å². The minimum Gasteiger partial charge on any atom is -0.462 e. The highest BCUT2D eigenvalue weighted by Crippen LogP contribution is 2.57. The van der Waals surface area contributed by atoms with Gasteiger partial charge in [-0.1, -0.05) is 29.3 Å². The molecule has 46 heavy (non-hydrogen) atoms. The molecular weight excluding hydrogens is 683 g/mol. The van der Waals surface area contributed by atoms with Crippen LogP contribution in [0.3, 0.4) is 0 Å². The third-order valence-electron chi connectivity index (χ3n) is 7.78. The van der Waals surface area contributed by atoms with E-state index in [1.165, 1.54) is 6.33 Å². The van der Waals surface area contributed by atoms with Gasteiger partial charge in [-0.25, -0.2) is 9.55 Å². The van der Waals surface area contributed by atoms with Gasteiger partial charge < -0.3 is 24.5 Å². The number of benzene rings is 1. The van der Waals surface area contributed by atoms with Crippen LogP contribution in [0.1, 0.15) is 59.3 Å². The van der Waals surface area contributed by atoms with Gasteiger partial charge in [0, 0.05) is 22.7 Å². The lowest BCUT2D eigenvalue weighted by Crippen LogP contribution is -2.37. The van der Waals surface area contributed by atoms with Gasteiger partial charge in [0.15, 0.2) is 17.5 Å². The van der Waals surface area contributed by atoms with Crippen molar-refractivity contribution >= 4 is 53.0 Å². The number of fused-ring (bicyclic) bond motifs is 1. The predicted molar refractivity (Wildman–Crippen MR) is 175 cm³/mol. The number of hydrogen-bond acceptors (Lipinski definition) is 11. The lowest BCUT2D eigenvalue weighted by molar-refractivity contribution is -0.171. The van der Waals surface area contributed by atoms with E-state index in [-0.39, 0.29) is 42.8 Å². The van der Waals surface area contributed by atoms with Gasteiger partial charge in [0.2, 0.25) is 5.95 Å². The lowest BCUT2D eigenvalue weighted by Gasteiger charge is -2.27. The molecule has 3 heterocycles. The number of nitrogen functional groups attached to an aromatic ring is 1. The van der Waals surface area contributed by atoms with E-state index in [2.05, 4.69) is 36.0 Å². The van der Waals surface area contributed by atoms with Crippen molar-refractivity contribution in [2.45, 2.75) is 77.7 Å². The molecule has 0 amide bonds. The number of nitrogens with zero attached hydrogens (tertiary/aromatic N) is 3. The van der Waals surface area contributed by atoms with E-state index >= 15 is 0 Å². The van der Waals surface area contributed by atoms with Gasteiger partial charge in [-0.05, 0) is 75.8 Å². The van der Waals surface area contributed by atoms with Crippen LogP contribution in [0.5, 0.6) is 5.75 Å². The Morgan fingerprint density at radius 1 is 1.30 bits per heavy atom. The summed E-state index contributed by atoms with van der Waals surface area (Å²) in [4.78, 5) is 36.0. The highest BCUT2D eigenvalue weighted by Gasteiger charge is 2.52. The van der Waals surface area contributed by atoms with Gasteiger partial charge in [0.05, 0.1) is 19.3 Å². The second kappa shape index (κ2) is 14.8. The Kier molecular flexibility index (Phi) is 11.0. The molecule has 0 spiro atoms. The number of carbonyl (C=O) groups excluding carboxylic acids is 1. The van der Waals surface area contributed by atoms with Gasteiger partial charge in [-0.15, -0.1) is 0 Å². The summed E-state index contributed by atoms with van der Waals surface area (Å²) in [6.07, 6.45) is 7.40. The van der Waals surface area contributed by atoms with Crippen LogP contribution in [0.2, 0.25) is 0 Å². The van der Waals surface area contributed by atoms with Crippen LogP contribution in [0.25, 0.3) is 17.4 Å². The number of nitrogens with one attached hydrogen (secondary N) is 2. The largest absolute Gasteiger partial charge is 0.462 e. The molecule has 2 aliphatic rings. The molecule has 1 saturated heterocycles. The second-order valence-corrected chi connectivity index (χ2v) is 14.3. The molecule has 16 heteroatoms. The van der Waals surface area contributed by atoms with E-state index in [9.17, 15) is 14.2 Å². The van der Waals surface area contributed by atoms with Crippen LogP contribution in [-0.4, -0.2) is 63.7 Å². The number of ether oxygens (including phenoxy) is 3. The molecule has 3 aromatic rings. The Balaban J connectivity index is 1.39. The minimum atomic E-state index is -4.16. The van der Waals surface area contributed by atoms with Gasteiger partial charge >= 0.3 is 13.7 Å². The number of imidazole rings is 1. The van der Waals surface area contributed by atoms with E-state index in [0.29, 0.717) is 25.1 Å². The molecular formula is C30H40BrN6O8P. The highest BCUT2D eigenvalue weighted by atomic mass is 79.9. The summed E-state index contributed by atoms with van der Waals surface area (Å²) >= 11 is 3.39. The minimum absolute atomic E-state index is 0.0327. The summed E-state index contributed by atoms with van der Waals surface area (Å²) in [7, 11) is -4.16. The Morgan fingerprint density at radius 3 is 2.80 bits per heavy atom. The topological polar surface area (TPSA) is 182 Å². The normalized spacial score (nSPS) is 23.1. The number of aromatic amines is 1. The average Bonchev–Trinajstić information content (AvgIpc) is 3.55. The fourth-order valence-electron chi connectivity index (χ4n) is 5.12. The number of halogens is 1. The van der Waals surface area contributed by atoms with E-state index in [1.807, 2.05) is 13.8 Å². The van der Waals surface area contributed by atoms with Gasteiger partial charge in [0.25, 0.3) is 5.56 Å². The number of rotatable bonds is 15. The molecule has 1 saturated carbocycles. The Hall–Kier alpha value is -3.07. The summed E-state index contributed by atoms with van der Waals surface area (Å²) < 4.78 is 46.2. The second-order valence-electron chi connectivity index (χ2n) is 11.7. The zero-order valence-corrected chi connectivity index (χ0v) is 28.6. The predicted octanol–water partition coefficient (Wildman–Crippen LogP) is 5.15. The highest BCUT2D eigenvalue weighted by molar-refractivity contribution is 9.10. The maximum absolute atomic E-state index is 14.3. The SMILES string of the molecule is CCC[C@H](C)OC(=O)C(C)NP(=O)(OCC1(COC2CCCCO2)C/C1=C/n1cnc2c(=O)[nH]c(N)nc21)Oc1ccc(Br)cc1. The van der Waals surface area contributed by atoms with E-state index in [0.717, 1.165) is 35.7 Å². The fourth-order valence-corrected chi connectivity index (χ4v) is 6.96. The molecule has 0 radical (unpaired) electrons. The smallest absolute Gasteiger partial charge is 0.459 e. The molecule has 1 aliphatic carbocycles. The first-order valence-corrected chi connectivity index (χ1v) is 17.7. The van der Waals surface area contributed by atoms with Crippen molar-refractivity contribution in [3.05, 3.63) is 51.0 Å². The van der Waals surface area contributed by atoms with Gasteiger partial charge in [-0.3, -0.25) is 23.7 Å². The van der Waals surface area contributed by atoms with E-state index in [4.69, 9.17) is 29.0 Å². The maximum Gasteiger partial charge on any atom is 0.459 e. The zero-order chi connectivity index (χ0) is 32.9. The first kappa shape index (κ1) is 34.3. The summed E-state index contributed by atoms with van der Waals surface area (Å²) in [5, 5.41) is 2.77. The molecule has 1 aromatic carbocycles. The Morgan fingerprint density at radius 2 is 2.09 bits per heavy atom. The zero-order valence-electron chi connectivity index (χ0n) is 26.1. The summed E-state index contributed by atoms with van der Waals surface area (Å²) in [6.45, 7) is 6.10. The molecule has 1 aliphatic heterocycles. The van der Waals surface area contributed by atoms with Crippen LogP contribution >= 0.6 is 23.7 Å². The lowest BCUT2D eigenvalue weighted by atomic mass is 10.1. The number of H-pyrrole nitrogens is 1. The monoisotopic (exact) mass is 722 g/mol. The third-order valence-corrected chi connectivity index (χ3v) is 9.93. The van der Waals surface area contributed by atoms with Crippen molar-refractivity contribution < 1.29 is 32.6 Å². The Labute approximate surface area is 275 Å². The number of esters is 1. The molecule has 0 bridgehead atoms. The van der Waals surface area contributed by atoms with Gasteiger partial charge in [0.1, 0.15) is 18.1 Å². The first-order chi connectivity index (χ1) is 22.0. The summed E-state index contributed by atoms with van der Waals surface area (Å²) in [5.74, 6) is -0.322. The summed E-state index contributed by atoms with van der Waals surface area (Å²) in [6, 6.07) is 5.77. The number of hydrogen-bond donors (Lipinski definition) is 3. The quantitative estimate of drug-likeness (QED) is 0.139. The molecule has 2 aromatic heterocycles. The molecule has 5 atom stereocenters. The van der Waals surface area contributed by atoms with Crippen LogP contribution < -0.4 is 20.9 Å². The molecule has 250 valence electrons. The summed E-state index contributed by atoms with van der Waals surface area (Å²) in [5.41, 5.74) is 5.93. The number of anilines is 1. The van der Waals surface area contributed by atoms with Crippen molar-refractivity contribution in [3.63, 3.8) is 0 Å². The van der Waals surface area contributed by atoms with Crippen LogP contribution in [0.15, 0.2) is 45.4 Å². The van der Waals surface area contributed by atoms with Crippen molar-refractivity contribution in [1.29, 1.82) is 0 Å². The fraction of sp³-hybridized carbons (Fsp3) is 0.533. The molecule has 4 unspecified atom stereocenters. The standard InChI is InChI=1S/C30H40BrN6O8P/c1-4-7-19(2)44-28(39)20(3)36-46(40,45-23-11-9-22(31)10-12-23)43-17-30(16-42-24-8-5-6-13-41-24)14-21(30)15-37-18-33-25-26(37)34-29(32)35-27(25)38/h9-12,15,18-20,24H,4-8,13-14,16-17H2,1-3H3,(H,36,40)(H3,32,34,35,38)/b21-15-/t19-,20?,24?,30?,46?/m0/s1. The van der Waals surface area contributed by atoms with Crippen molar-refractivity contribution in [3.8, 4) is 5.75 Å². The van der Waals surface area contributed by atoms with Gasteiger partial charge in [-0.2, -0.15) is 10.1 Å². The molecule has 2 fully saturated rings. The number of nitrogens with two attached hydrogens (primary N) is 1. The third kappa shape index (κ3) is 8.64. The Bertz CT molecular complexity index is 1660. The van der Waals surface area contributed by atoms with Crippen LogP contribution in [-0.2, 0) is 28.1 Å². The molecule has 14 nitrogen and oxygen atoms in total. The van der Waals surface area contributed by atoms with Crippen molar-refractivity contribution in [2.24, 2.45) is 5.41 Å². The number of carbonyl (C=O) groups is 1.